The van der Waals surface area contributed by atoms with Crippen molar-refractivity contribution in [3.05, 3.63) is 106 Å². The van der Waals surface area contributed by atoms with E-state index in [2.05, 4.69) is 10.5 Å². The number of nitrogens with one attached hydrogen (secondary N) is 1. The van der Waals surface area contributed by atoms with E-state index in [0.717, 1.165) is 44.8 Å². The van der Waals surface area contributed by atoms with Crippen LogP contribution in [0.3, 0.4) is 0 Å². The highest BCUT2D eigenvalue weighted by Crippen LogP contribution is 2.39. The Kier molecular flexibility index (Phi) is 5.91. The van der Waals surface area contributed by atoms with Crippen LogP contribution in [0.1, 0.15) is 41.1 Å². The molecule has 1 aliphatic rings. The molecule has 0 bridgehead atoms. The number of hydrogen-bond donors (Lipinski definition) is 1. The van der Waals surface area contributed by atoms with Crippen molar-refractivity contribution in [3.8, 4) is 11.4 Å². The summed E-state index contributed by atoms with van der Waals surface area (Å²) in [6.45, 7) is 8.02. The van der Waals surface area contributed by atoms with Gasteiger partial charge in [0.2, 0.25) is 5.82 Å². The van der Waals surface area contributed by atoms with Crippen LogP contribution in [-0.2, 0) is 0 Å². The van der Waals surface area contributed by atoms with Crippen LogP contribution in [0.4, 0.5) is 10.5 Å². The van der Waals surface area contributed by atoms with Gasteiger partial charge in [-0.3, -0.25) is 4.90 Å². The van der Waals surface area contributed by atoms with Crippen molar-refractivity contribution >= 4 is 28.9 Å². The second-order valence-electron chi connectivity index (χ2n) is 8.83. The maximum Gasteiger partial charge on any atom is 0.326 e. The average Bonchev–Trinajstić information content (AvgIpc) is 3.31. The van der Waals surface area contributed by atoms with Crippen LogP contribution in [-0.4, -0.2) is 16.2 Å². The van der Waals surface area contributed by atoms with Gasteiger partial charge >= 0.3 is 6.03 Å². The molecular weight excluding hydrogens is 460 g/mol. The molecule has 0 spiro atoms. The van der Waals surface area contributed by atoms with Crippen molar-refractivity contribution in [1.82, 2.24) is 15.5 Å². The van der Waals surface area contributed by atoms with Gasteiger partial charge in [0.15, 0.2) is 0 Å². The summed E-state index contributed by atoms with van der Waals surface area (Å²) in [4.78, 5) is 19.8. The minimum atomic E-state index is -0.446. The summed E-state index contributed by atoms with van der Waals surface area (Å²) in [6, 6.07) is 20.7. The molecule has 7 heteroatoms. The van der Waals surface area contributed by atoms with Crippen molar-refractivity contribution in [2.45, 2.75) is 33.7 Å². The van der Waals surface area contributed by atoms with E-state index < -0.39 is 6.04 Å². The van der Waals surface area contributed by atoms with Crippen molar-refractivity contribution in [2.24, 2.45) is 0 Å². The Morgan fingerprint density at radius 2 is 1.71 bits per heavy atom. The number of amides is 2. The lowest BCUT2D eigenvalue weighted by Gasteiger charge is -2.35. The molecule has 3 aromatic carbocycles. The third-order valence-corrected chi connectivity index (χ3v) is 6.62. The predicted molar refractivity (Wildman–Crippen MR) is 138 cm³/mol. The number of benzene rings is 3. The highest BCUT2D eigenvalue weighted by Gasteiger charge is 2.36. The molecule has 1 atom stereocenters. The standard InChI is InChI=1S/C28H25ClN4O2/c1-16-8-11-20(12-9-16)25-24(27-31-26(32-35-27)21-6-5-7-22(29)15-21)19(4)33(28(34)30-25)23-13-10-17(2)18(3)14-23/h5-15,25H,1-4H3,(H,30,34). The quantitative estimate of drug-likeness (QED) is 0.338. The minimum Gasteiger partial charge on any atom is -0.334 e. The van der Waals surface area contributed by atoms with Crippen molar-refractivity contribution in [2.75, 3.05) is 4.90 Å². The summed E-state index contributed by atoms with van der Waals surface area (Å²) < 4.78 is 5.77. The van der Waals surface area contributed by atoms with Gasteiger partial charge in [-0.25, -0.2) is 4.79 Å². The van der Waals surface area contributed by atoms with Crippen LogP contribution in [0.25, 0.3) is 17.0 Å². The zero-order valence-corrected chi connectivity index (χ0v) is 20.7. The van der Waals surface area contributed by atoms with Crippen LogP contribution in [0.2, 0.25) is 5.02 Å². The fourth-order valence-corrected chi connectivity index (χ4v) is 4.47. The van der Waals surface area contributed by atoms with Crippen LogP contribution in [0.15, 0.2) is 77.0 Å². The van der Waals surface area contributed by atoms with Gasteiger partial charge in [-0.05, 0) is 68.7 Å². The molecule has 0 radical (unpaired) electrons. The minimum absolute atomic E-state index is 0.213. The number of anilines is 1. The molecule has 176 valence electrons. The van der Waals surface area contributed by atoms with Crippen molar-refractivity contribution < 1.29 is 9.32 Å². The van der Waals surface area contributed by atoms with Gasteiger partial charge in [-0.15, -0.1) is 0 Å². The number of carbonyl (C=O) groups is 1. The van der Waals surface area contributed by atoms with Crippen LogP contribution >= 0.6 is 11.6 Å². The fraction of sp³-hybridized carbons (Fsp3) is 0.179. The molecule has 6 nitrogen and oxygen atoms in total. The number of carbonyl (C=O) groups excluding carboxylic acids is 1. The number of aryl methyl sites for hydroxylation is 3. The van der Waals surface area contributed by atoms with E-state index in [1.165, 1.54) is 0 Å². The smallest absolute Gasteiger partial charge is 0.326 e. The summed E-state index contributed by atoms with van der Waals surface area (Å²) in [5.41, 5.74) is 7.33. The monoisotopic (exact) mass is 484 g/mol. The molecule has 2 heterocycles. The highest BCUT2D eigenvalue weighted by molar-refractivity contribution is 6.30. The van der Waals surface area contributed by atoms with Gasteiger partial charge in [-0.2, -0.15) is 4.98 Å². The number of nitrogens with zero attached hydrogens (tertiary/aromatic N) is 3. The number of hydrogen-bond acceptors (Lipinski definition) is 4. The van der Waals surface area contributed by atoms with E-state index in [1.54, 1.807) is 17.0 Å². The lowest BCUT2D eigenvalue weighted by molar-refractivity contribution is 0.244. The Labute approximate surface area is 209 Å². The number of allylic oxidation sites excluding steroid dienone is 1. The summed E-state index contributed by atoms with van der Waals surface area (Å²) in [6.07, 6.45) is 0. The molecule has 0 fully saturated rings. The summed E-state index contributed by atoms with van der Waals surface area (Å²) in [7, 11) is 0. The second kappa shape index (κ2) is 9.04. The second-order valence-corrected chi connectivity index (χ2v) is 9.27. The van der Waals surface area contributed by atoms with Gasteiger partial charge in [0.1, 0.15) is 0 Å². The van der Waals surface area contributed by atoms with E-state index in [-0.39, 0.29) is 6.03 Å². The number of rotatable bonds is 4. The third kappa shape index (κ3) is 4.33. The molecule has 0 saturated carbocycles. The molecule has 1 N–H and O–H groups in total. The zero-order chi connectivity index (χ0) is 24.7. The normalized spacial score (nSPS) is 16.0. The molecule has 0 saturated heterocycles. The summed E-state index contributed by atoms with van der Waals surface area (Å²) >= 11 is 6.17. The van der Waals surface area contributed by atoms with E-state index in [4.69, 9.17) is 21.1 Å². The van der Waals surface area contributed by atoms with E-state index in [9.17, 15) is 4.79 Å². The molecular formula is C28H25ClN4O2. The first-order valence-electron chi connectivity index (χ1n) is 11.4. The summed E-state index contributed by atoms with van der Waals surface area (Å²) in [5.74, 6) is 0.775. The SMILES string of the molecule is CC1=C(c2nc(-c3cccc(Cl)c3)no2)C(c2ccc(C)cc2)NC(=O)N1c1ccc(C)c(C)c1. The Bertz CT molecular complexity index is 1460. The van der Waals surface area contributed by atoms with Crippen LogP contribution < -0.4 is 10.2 Å². The van der Waals surface area contributed by atoms with Gasteiger partial charge in [0, 0.05) is 16.3 Å². The molecule has 2 amide bonds. The van der Waals surface area contributed by atoms with E-state index in [1.807, 2.05) is 82.3 Å². The summed E-state index contributed by atoms with van der Waals surface area (Å²) in [5, 5.41) is 7.95. The first-order valence-corrected chi connectivity index (χ1v) is 11.7. The molecule has 5 rings (SSSR count). The molecule has 1 aliphatic heterocycles. The Morgan fingerprint density at radius 3 is 2.43 bits per heavy atom. The van der Waals surface area contributed by atoms with Gasteiger partial charge in [0.05, 0.1) is 17.3 Å². The number of aromatic nitrogens is 2. The average molecular weight is 485 g/mol. The molecule has 0 aliphatic carbocycles. The molecule has 1 unspecified atom stereocenters. The third-order valence-electron chi connectivity index (χ3n) is 6.38. The molecule has 4 aromatic rings. The van der Waals surface area contributed by atoms with Crippen molar-refractivity contribution in [3.63, 3.8) is 0 Å². The highest BCUT2D eigenvalue weighted by atomic mass is 35.5. The Hall–Kier alpha value is -3.90. The first kappa shape index (κ1) is 22.9. The van der Waals surface area contributed by atoms with Gasteiger partial charge in [-0.1, -0.05) is 64.8 Å². The van der Waals surface area contributed by atoms with E-state index >= 15 is 0 Å². The number of urea groups is 1. The zero-order valence-electron chi connectivity index (χ0n) is 20.0. The lowest BCUT2D eigenvalue weighted by atomic mass is 9.93. The number of halogens is 1. The Morgan fingerprint density at radius 1 is 0.943 bits per heavy atom. The molecule has 1 aromatic heterocycles. The first-order chi connectivity index (χ1) is 16.8. The van der Waals surface area contributed by atoms with Gasteiger partial charge in [0.25, 0.3) is 5.89 Å². The van der Waals surface area contributed by atoms with Crippen molar-refractivity contribution in [1.29, 1.82) is 0 Å². The maximum atomic E-state index is 13.4. The molecule has 35 heavy (non-hydrogen) atoms. The van der Waals surface area contributed by atoms with Crippen LogP contribution in [0, 0.1) is 20.8 Å². The van der Waals surface area contributed by atoms with E-state index in [0.29, 0.717) is 16.7 Å². The van der Waals surface area contributed by atoms with Crippen LogP contribution in [0.5, 0.6) is 0 Å². The Balaban J connectivity index is 1.66. The van der Waals surface area contributed by atoms with Gasteiger partial charge < -0.3 is 9.84 Å². The maximum absolute atomic E-state index is 13.4. The topological polar surface area (TPSA) is 71.3 Å². The fourth-order valence-electron chi connectivity index (χ4n) is 4.28. The lowest BCUT2D eigenvalue weighted by Crippen LogP contribution is -2.46. The predicted octanol–water partition coefficient (Wildman–Crippen LogP) is 7.02. The largest absolute Gasteiger partial charge is 0.334 e.